The summed E-state index contributed by atoms with van der Waals surface area (Å²) in [5.41, 5.74) is 5.90. The van der Waals surface area contributed by atoms with Gasteiger partial charge in [0.15, 0.2) is 0 Å². The smallest absolute Gasteiger partial charge is 0.123 e. The molecule has 0 saturated heterocycles. The van der Waals surface area contributed by atoms with Gasteiger partial charge in [0, 0.05) is 6.42 Å². The topological polar surface area (TPSA) is 26.0 Å². The number of hydrogen-bond acceptors (Lipinski definition) is 1. The maximum atomic E-state index is 12.4. The SMILES string of the molecule is Cl.NC(Cl)Cc1ccc(F)cc1. The maximum absolute atomic E-state index is 12.4. The van der Waals surface area contributed by atoms with E-state index in [1.807, 2.05) is 0 Å². The van der Waals surface area contributed by atoms with Crippen molar-refractivity contribution in [3.63, 3.8) is 0 Å². The van der Waals surface area contributed by atoms with Crippen LogP contribution in [0.5, 0.6) is 0 Å². The van der Waals surface area contributed by atoms with E-state index in [9.17, 15) is 4.39 Å². The Morgan fingerprint density at radius 1 is 1.33 bits per heavy atom. The molecule has 68 valence electrons. The Kier molecular flexibility index (Phi) is 5.22. The monoisotopic (exact) mass is 209 g/mol. The Labute approximate surface area is 82.1 Å². The van der Waals surface area contributed by atoms with Crippen molar-refractivity contribution in [2.45, 2.75) is 11.9 Å². The molecule has 0 aliphatic rings. The van der Waals surface area contributed by atoms with E-state index >= 15 is 0 Å². The lowest BCUT2D eigenvalue weighted by Crippen LogP contribution is -2.14. The lowest BCUT2D eigenvalue weighted by atomic mass is 10.1. The summed E-state index contributed by atoms with van der Waals surface area (Å²) in [6.45, 7) is 0. The molecule has 1 aromatic rings. The Balaban J connectivity index is 0.00000121. The predicted molar refractivity (Wildman–Crippen MR) is 51.2 cm³/mol. The summed E-state index contributed by atoms with van der Waals surface area (Å²) in [5, 5.41) is 0. The van der Waals surface area contributed by atoms with Crippen LogP contribution in [-0.4, -0.2) is 5.50 Å². The van der Waals surface area contributed by atoms with Crippen LogP contribution in [0.3, 0.4) is 0 Å². The summed E-state index contributed by atoms with van der Waals surface area (Å²) in [6, 6.07) is 6.15. The molecule has 0 bridgehead atoms. The van der Waals surface area contributed by atoms with Gasteiger partial charge in [0.1, 0.15) is 5.82 Å². The molecule has 1 aromatic carbocycles. The first kappa shape index (κ1) is 11.7. The van der Waals surface area contributed by atoms with Gasteiger partial charge in [-0.05, 0) is 17.7 Å². The fourth-order valence-electron chi connectivity index (χ4n) is 0.846. The molecule has 1 atom stereocenters. The zero-order valence-electron chi connectivity index (χ0n) is 6.34. The van der Waals surface area contributed by atoms with Crippen LogP contribution in [0.2, 0.25) is 0 Å². The fraction of sp³-hybridized carbons (Fsp3) is 0.250. The van der Waals surface area contributed by atoms with Crippen LogP contribution < -0.4 is 5.73 Å². The molecule has 4 heteroatoms. The van der Waals surface area contributed by atoms with E-state index in [0.29, 0.717) is 6.42 Å². The molecule has 0 heterocycles. The first-order chi connectivity index (χ1) is 5.18. The molecule has 0 aliphatic carbocycles. The van der Waals surface area contributed by atoms with Crippen molar-refractivity contribution in [3.05, 3.63) is 35.6 Å². The Bertz CT molecular complexity index is 223. The van der Waals surface area contributed by atoms with Gasteiger partial charge in [-0.1, -0.05) is 12.1 Å². The second kappa shape index (κ2) is 5.36. The van der Waals surface area contributed by atoms with Crippen LogP contribution in [0.4, 0.5) is 4.39 Å². The molecule has 0 aromatic heterocycles. The van der Waals surface area contributed by atoms with Crippen LogP contribution >= 0.6 is 24.0 Å². The van der Waals surface area contributed by atoms with Crippen molar-refractivity contribution in [3.8, 4) is 0 Å². The lowest BCUT2D eigenvalue weighted by Gasteiger charge is -2.01. The standard InChI is InChI=1S/C8H9ClFN.ClH/c9-8(11)5-6-1-3-7(10)4-2-6;/h1-4,8H,5,11H2;1H. The normalized spacial score (nSPS) is 11.9. The van der Waals surface area contributed by atoms with E-state index in [0.717, 1.165) is 5.56 Å². The average Bonchev–Trinajstić information content (AvgIpc) is 1.93. The number of hydrogen-bond donors (Lipinski definition) is 1. The minimum absolute atomic E-state index is 0. The highest BCUT2D eigenvalue weighted by atomic mass is 35.5. The van der Waals surface area contributed by atoms with Gasteiger partial charge >= 0.3 is 0 Å². The first-order valence-electron chi connectivity index (χ1n) is 3.32. The van der Waals surface area contributed by atoms with E-state index in [1.165, 1.54) is 12.1 Å². The van der Waals surface area contributed by atoms with E-state index in [-0.39, 0.29) is 23.7 Å². The molecule has 12 heavy (non-hydrogen) atoms. The van der Waals surface area contributed by atoms with Crippen molar-refractivity contribution in [1.29, 1.82) is 0 Å². The highest BCUT2D eigenvalue weighted by molar-refractivity contribution is 6.20. The van der Waals surface area contributed by atoms with Crippen LogP contribution in [-0.2, 0) is 6.42 Å². The quantitative estimate of drug-likeness (QED) is 0.588. The van der Waals surface area contributed by atoms with Gasteiger partial charge in [0.25, 0.3) is 0 Å². The number of rotatable bonds is 2. The van der Waals surface area contributed by atoms with Gasteiger partial charge in [-0.25, -0.2) is 4.39 Å². The summed E-state index contributed by atoms with van der Waals surface area (Å²) in [4.78, 5) is 0. The third kappa shape index (κ3) is 3.90. The fourth-order valence-corrected chi connectivity index (χ4v) is 1.02. The van der Waals surface area contributed by atoms with Crippen LogP contribution in [0.15, 0.2) is 24.3 Å². The molecular weight excluding hydrogens is 200 g/mol. The Morgan fingerprint density at radius 2 is 1.83 bits per heavy atom. The minimum atomic E-state index is -0.388. The summed E-state index contributed by atoms with van der Waals surface area (Å²) < 4.78 is 12.4. The summed E-state index contributed by atoms with van der Waals surface area (Å²) in [7, 11) is 0. The molecule has 0 saturated carbocycles. The highest BCUT2D eigenvalue weighted by Gasteiger charge is 1.98. The second-order valence-electron chi connectivity index (χ2n) is 2.35. The van der Waals surface area contributed by atoms with Crippen LogP contribution in [0, 0.1) is 5.82 Å². The summed E-state index contributed by atoms with van der Waals surface area (Å²) in [5.74, 6) is -0.239. The average molecular weight is 210 g/mol. The third-order valence-corrected chi connectivity index (χ3v) is 1.50. The third-order valence-electron chi connectivity index (χ3n) is 1.34. The molecule has 1 nitrogen and oxygen atoms in total. The van der Waals surface area contributed by atoms with Gasteiger partial charge in [-0.2, -0.15) is 0 Å². The molecule has 1 unspecified atom stereocenters. The van der Waals surface area contributed by atoms with Crippen LogP contribution in [0.1, 0.15) is 5.56 Å². The van der Waals surface area contributed by atoms with Crippen molar-refractivity contribution in [2.24, 2.45) is 5.73 Å². The molecule has 0 amide bonds. The zero-order chi connectivity index (χ0) is 8.27. The second-order valence-corrected chi connectivity index (χ2v) is 2.91. The van der Waals surface area contributed by atoms with Crippen molar-refractivity contribution >= 4 is 24.0 Å². The molecule has 0 radical (unpaired) electrons. The number of nitrogens with two attached hydrogens (primary N) is 1. The molecule has 0 aliphatic heterocycles. The molecule has 1 rings (SSSR count). The zero-order valence-corrected chi connectivity index (χ0v) is 7.91. The lowest BCUT2D eigenvalue weighted by molar-refractivity contribution is 0.627. The van der Waals surface area contributed by atoms with Crippen molar-refractivity contribution in [2.75, 3.05) is 0 Å². The molecular formula is C8H10Cl2FN. The van der Waals surface area contributed by atoms with Gasteiger partial charge < -0.3 is 5.73 Å². The van der Waals surface area contributed by atoms with Crippen molar-refractivity contribution in [1.82, 2.24) is 0 Å². The largest absolute Gasteiger partial charge is 0.315 e. The first-order valence-corrected chi connectivity index (χ1v) is 3.76. The van der Waals surface area contributed by atoms with Gasteiger partial charge in [0.05, 0.1) is 5.50 Å². The Hall–Kier alpha value is -0.310. The Morgan fingerprint density at radius 3 is 2.25 bits per heavy atom. The summed E-state index contributed by atoms with van der Waals surface area (Å²) >= 11 is 5.54. The van der Waals surface area contributed by atoms with Crippen LogP contribution in [0.25, 0.3) is 0 Å². The number of alkyl halides is 1. The molecule has 0 fully saturated rings. The highest BCUT2D eigenvalue weighted by Crippen LogP contribution is 2.05. The number of benzene rings is 1. The van der Waals surface area contributed by atoms with Gasteiger partial charge in [-0.15, -0.1) is 24.0 Å². The van der Waals surface area contributed by atoms with Crippen molar-refractivity contribution < 1.29 is 4.39 Å². The maximum Gasteiger partial charge on any atom is 0.123 e. The predicted octanol–water partition coefficient (Wildman–Crippen LogP) is 2.31. The molecule has 2 N–H and O–H groups in total. The van der Waals surface area contributed by atoms with E-state index in [2.05, 4.69) is 0 Å². The van der Waals surface area contributed by atoms with Gasteiger partial charge in [0.2, 0.25) is 0 Å². The molecule has 0 spiro atoms. The van der Waals surface area contributed by atoms with Gasteiger partial charge in [-0.3, -0.25) is 0 Å². The van der Waals surface area contributed by atoms with E-state index < -0.39 is 0 Å². The summed E-state index contributed by atoms with van der Waals surface area (Å²) in [6.07, 6.45) is 0.571. The minimum Gasteiger partial charge on any atom is -0.315 e. The van der Waals surface area contributed by atoms with E-state index in [1.54, 1.807) is 12.1 Å². The number of halogens is 3. The van der Waals surface area contributed by atoms with E-state index in [4.69, 9.17) is 17.3 Å².